The van der Waals surface area contributed by atoms with Crippen molar-refractivity contribution >= 4 is 45.8 Å². The summed E-state index contributed by atoms with van der Waals surface area (Å²) in [6.45, 7) is 0. The van der Waals surface area contributed by atoms with Crippen LogP contribution in [-0.2, 0) is 0 Å². The average Bonchev–Trinajstić information content (AvgIpc) is 2.84. The highest BCUT2D eigenvalue weighted by Gasteiger charge is 2.04. The normalized spacial score (nSPS) is 10.7. The smallest absolute Gasteiger partial charge is 0.175 e. The van der Waals surface area contributed by atoms with Crippen LogP contribution in [-0.4, -0.2) is 29.2 Å². The van der Waals surface area contributed by atoms with Gasteiger partial charge in [-0.25, -0.2) is 0 Å². The maximum absolute atomic E-state index is 5.45. The molecule has 2 N–H and O–H groups in total. The molecule has 0 saturated heterocycles. The summed E-state index contributed by atoms with van der Waals surface area (Å²) in [4.78, 5) is 10.7. The first-order chi connectivity index (χ1) is 16.1. The third-order valence-electron chi connectivity index (χ3n) is 4.72. The largest absolute Gasteiger partial charge is 0.378 e. The summed E-state index contributed by atoms with van der Waals surface area (Å²) < 4.78 is 0. The third-order valence-corrected chi connectivity index (χ3v) is 4.92. The lowest BCUT2D eigenvalue weighted by atomic mass is 10.2. The van der Waals surface area contributed by atoms with Crippen LogP contribution >= 0.6 is 12.2 Å². The fourth-order valence-corrected chi connectivity index (χ4v) is 3.24. The Morgan fingerprint density at radius 1 is 0.727 bits per heavy atom. The number of nitrogens with one attached hydrogen (secondary N) is 2. The van der Waals surface area contributed by atoms with Gasteiger partial charge in [-0.3, -0.25) is 9.97 Å². The van der Waals surface area contributed by atoms with Gasteiger partial charge in [0.25, 0.3) is 0 Å². The number of pyridine rings is 2. The van der Waals surface area contributed by atoms with Crippen LogP contribution in [0.1, 0.15) is 0 Å². The summed E-state index contributed by atoms with van der Waals surface area (Å²) in [6, 6.07) is 25.0. The van der Waals surface area contributed by atoms with Gasteiger partial charge in [-0.2, -0.15) is 10.2 Å². The maximum atomic E-state index is 5.45. The minimum absolute atomic E-state index is 0.475. The van der Waals surface area contributed by atoms with Gasteiger partial charge >= 0.3 is 0 Å². The molecule has 33 heavy (non-hydrogen) atoms. The number of hydrogen-bond donors (Lipinski definition) is 2. The van der Waals surface area contributed by atoms with E-state index in [-0.39, 0.29) is 0 Å². The van der Waals surface area contributed by atoms with E-state index in [9.17, 15) is 0 Å². The van der Waals surface area contributed by atoms with Gasteiger partial charge < -0.3 is 15.5 Å². The Bertz CT molecular complexity index is 1240. The first kappa shape index (κ1) is 22.0. The van der Waals surface area contributed by atoms with E-state index in [1.165, 1.54) is 0 Å². The minimum Gasteiger partial charge on any atom is -0.378 e. The molecule has 0 aliphatic carbocycles. The van der Waals surface area contributed by atoms with Gasteiger partial charge in [0.15, 0.2) is 5.11 Å². The van der Waals surface area contributed by atoms with Crippen molar-refractivity contribution in [3.8, 4) is 11.4 Å². The summed E-state index contributed by atoms with van der Waals surface area (Å²) in [5.41, 5.74) is 5.93. The van der Waals surface area contributed by atoms with Crippen LogP contribution in [0.3, 0.4) is 0 Å². The average molecular weight is 454 g/mol. The van der Waals surface area contributed by atoms with Crippen molar-refractivity contribution in [1.29, 1.82) is 0 Å². The zero-order chi connectivity index (χ0) is 23.0. The first-order valence-electron chi connectivity index (χ1n) is 10.3. The molecular weight excluding hydrogens is 430 g/mol. The lowest BCUT2D eigenvalue weighted by Crippen LogP contribution is -2.19. The zero-order valence-electron chi connectivity index (χ0n) is 18.3. The Kier molecular flexibility index (Phi) is 6.96. The molecule has 4 rings (SSSR count). The molecule has 7 nitrogen and oxygen atoms in total. The molecule has 0 amide bonds. The van der Waals surface area contributed by atoms with Crippen molar-refractivity contribution in [2.45, 2.75) is 0 Å². The molecule has 2 aromatic carbocycles. The van der Waals surface area contributed by atoms with Gasteiger partial charge in [-0.05, 0) is 85.0 Å². The van der Waals surface area contributed by atoms with Gasteiger partial charge in [0.1, 0.15) is 0 Å². The van der Waals surface area contributed by atoms with E-state index in [4.69, 9.17) is 12.2 Å². The molecule has 4 aromatic rings. The van der Waals surface area contributed by atoms with E-state index >= 15 is 0 Å². The molecule has 0 aliphatic rings. The molecule has 2 aromatic heterocycles. The second-order valence-corrected chi connectivity index (χ2v) is 7.79. The van der Waals surface area contributed by atoms with Crippen molar-refractivity contribution in [1.82, 2.24) is 9.97 Å². The molecule has 164 valence electrons. The molecular formula is C25H23N7S. The lowest BCUT2D eigenvalue weighted by Gasteiger charge is -2.11. The first-order valence-corrected chi connectivity index (χ1v) is 10.7. The molecule has 0 spiro atoms. The van der Waals surface area contributed by atoms with Gasteiger partial charge in [0, 0.05) is 43.6 Å². The molecule has 0 atom stereocenters. The molecule has 0 unspecified atom stereocenters. The van der Waals surface area contributed by atoms with E-state index in [2.05, 4.69) is 30.8 Å². The van der Waals surface area contributed by atoms with Crippen LogP contribution < -0.4 is 15.5 Å². The fourth-order valence-electron chi connectivity index (χ4n) is 3.00. The highest BCUT2D eigenvalue weighted by atomic mass is 32.1. The number of azo groups is 1. The molecule has 0 radical (unpaired) electrons. The highest BCUT2D eigenvalue weighted by Crippen LogP contribution is 2.23. The fraction of sp³-hybridized carbons (Fsp3) is 0.0800. The van der Waals surface area contributed by atoms with Gasteiger partial charge in [0.05, 0.1) is 22.8 Å². The van der Waals surface area contributed by atoms with Crippen LogP contribution in [0.25, 0.3) is 11.4 Å². The Balaban J connectivity index is 1.35. The minimum atomic E-state index is 0.475. The standard InChI is InChI=1S/C25H23N7S/c1-32(2)22-12-10-20(11-13-22)31-30-19-8-6-18(7-9-19)28-25(33)29-21-14-16-27-24(17-21)23-5-3-4-15-26-23/h3-17H,1-2H3,(H2,27,28,29,33). The second-order valence-electron chi connectivity index (χ2n) is 7.38. The number of nitrogens with zero attached hydrogens (tertiary/aromatic N) is 5. The monoisotopic (exact) mass is 453 g/mol. The zero-order valence-corrected chi connectivity index (χ0v) is 19.1. The van der Waals surface area contributed by atoms with Crippen LogP contribution in [0.4, 0.5) is 28.4 Å². The Morgan fingerprint density at radius 2 is 1.36 bits per heavy atom. The SMILES string of the molecule is CN(C)c1ccc(N=Nc2ccc(NC(=S)Nc3ccnc(-c4ccccn4)c3)cc2)cc1. The summed E-state index contributed by atoms with van der Waals surface area (Å²) in [6.07, 6.45) is 3.47. The van der Waals surface area contributed by atoms with E-state index in [1.807, 2.05) is 97.9 Å². The Labute approximate surface area is 198 Å². The lowest BCUT2D eigenvalue weighted by molar-refractivity contribution is 1.13. The van der Waals surface area contributed by atoms with E-state index in [1.54, 1.807) is 12.4 Å². The van der Waals surface area contributed by atoms with Crippen molar-refractivity contribution in [2.24, 2.45) is 10.2 Å². The Morgan fingerprint density at radius 3 is 2.00 bits per heavy atom. The second kappa shape index (κ2) is 10.4. The van der Waals surface area contributed by atoms with Crippen LogP contribution in [0, 0.1) is 0 Å². The summed E-state index contributed by atoms with van der Waals surface area (Å²) in [7, 11) is 4.01. The number of hydrogen-bond acceptors (Lipinski definition) is 6. The van der Waals surface area contributed by atoms with Crippen LogP contribution in [0.5, 0.6) is 0 Å². The van der Waals surface area contributed by atoms with E-state index in [0.29, 0.717) is 5.11 Å². The van der Waals surface area contributed by atoms with Gasteiger partial charge in [0.2, 0.25) is 0 Å². The molecule has 0 saturated carbocycles. The summed E-state index contributed by atoms with van der Waals surface area (Å²) >= 11 is 5.45. The van der Waals surface area contributed by atoms with Gasteiger partial charge in [-0.15, -0.1) is 0 Å². The van der Waals surface area contributed by atoms with Crippen molar-refractivity contribution in [2.75, 3.05) is 29.6 Å². The molecule has 0 bridgehead atoms. The van der Waals surface area contributed by atoms with Crippen molar-refractivity contribution < 1.29 is 0 Å². The highest BCUT2D eigenvalue weighted by molar-refractivity contribution is 7.80. The summed E-state index contributed by atoms with van der Waals surface area (Å²) in [5.74, 6) is 0. The Hall–Kier alpha value is -4.17. The van der Waals surface area contributed by atoms with Gasteiger partial charge in [-0.1, -0.05) is 6.07 Å². The topological polar surface area (TPSA) is 77.8 Å². The van der Waals surface area contributed by atoms with Crippen molar-refractivity contribution in [3.63, 3.8) is 0 Å². The predicted octanol–water partition coefficient (Wildman–Crippen LogP) is 6.43. The summed E-state index contributed by atoms with van der Waals surface area (Å²) in [5, 5.41) is 15.4. The maximum Gasteiger partial charge on any atom is 0.175 e. The van der Waals surface area contributed by atoms with E-state index in [0.717, 1.165) is 39.8 Å². The molecule has 0 aliphatic heterocycles. The predicted molar refractivity (Wildman–Crippen MR) is 139 cm³/mol. The van der Waals surface area contributed by atoms with Crippen LogP contribution in [0.2, 0.25) is 0 Å². The number of thiocarbonyl (C=S) groups is 1. The number of benzene rings is 2. The molecule has 2 heterocycles. The number of rotatable bonds is 6. The quantitative estimate of drug-likeness (QED) is 0.259. The number of aromatic nitrogens is 2. The van der Waals surface area contributed by atoms with Crippen LogP contribution in [0.15, 0.2) is 101 Å². The number of anilines is 3. The van der Waals surface area contributed by atoms with E-state index < -0.39 is 0 Å². The third kappa shape index (κ3) is 6.18. The molecule has 0 fully saturated rings. The molecule has 8 heteroatoms. The van der Waals surface area contributed by atoms with Crippen molar-refractivity contribution in [3.05, 3.63) is 91.3 Å².